The molecular weight excluding hydrogens is 731 g/mol. The third-order valence-electron chi connectivity index (χ3n) is 12.2. The molecule has 1 aliphatic heterocycles. The van der Waals surface area contributed by atoms with Crippen LogP contribution in [0, 0.1) is 0 Å². The summed E-state index contributed by atoms with van der Waals surface area (Å²) in [5.41, 5.74) is 13.8. The molecule has 4 heteroatoms. The summed E-state index contributed by atoms with van der Waals surface area (Å²) in [6.07, 6.45) is 0. The van der Waals surface area contributed by atoms with E-state index in [1.54, 1.807) is 0 Å². The number of nitrogens with zero attached hydrogens (tertiary/aromatic N) is 3. The lowest BCUT2D eigenvalue weighted by Crippen LogP contribution is -2.32. The Bertz CT molecular complexity index is 3230. The van der Waals surface area contributed by atoms with Gasteiger partial charge in [0.15, 0.2) is 17.5 Å². The van der Waals surface area contributed by atoms with Gasteiger partial charge in [0.1, 0.15) is 11.5 Å². The van der Waals surface area contributed by atoms with Gasteiger partial charge < -0.3 is 4.74 Å². The van der Waals surface area contributed by atoms with Crippen LogP contribution in [0.15, 0.2) is 212 Å². The van der Waals surface area contributed by atoms with Crippen molar-refractivity contribution in [2.24, 2.45) is 0 Å². The van der Waals surface area contributed by atoms with Crippen LogP contribution in [0.2, 0.25) is 0 Å². The summed E-state index contributed by atoms with van der Waals surface area (Å²) in [5, 5.41) is 2.46. The number of fused-ring (bicyclic) bond motifs is 11. The van der Waals surface area contributed by atoms with Gasteiger partial charge in [-0.2, -0.15) is 0 Å². The summed E-state index contributed by atoms with van der Waals surface area (Å²) in [6.45, 7) is 0. The second-order valence-corrected chi connectivity index (χ2v) is 15.5. The summed E-state index contributed by atoms with van der Waals surface area (Å²) >= 11 is 0. The third-order valence-corrected chi connectivity index (χ3v) is 12.2. The number of benzene rings is 9. The molecule has 0 bridgehead atoms. The lowest BCUT2D eigenvalue weighted by Gasteiger charge is -2.40. The Morgan fingerprint density at radius 2 is 0.817 bits per heavy atom. The van der Waals surface area contributed by atoms with Gasteiger partial charge >= 0.3 is 0 Å². The van der Waals surface area contributed by atoms with Gasteiger partial charge in [-0.25, -0.2) is 15.0 Å². The highest BCUT2D eigenvalue weighted by atomic mass is 16.5. The maximum atomic E-state index is 7.14. The Hall–Kier alpha value is -7.95. The molecule has 1 atom stereocenters. The van der Waals surface area contributed by atoms with Crippen molar-refractivity contribution in [2.45, 2.75) is 5.41 Å². The zero-order valence-electron chi connectivity index (χ0n) is 32.5. The molecule has 4 nitrogen and oxygen atoms in total. The average molecular weight is 766 g/mol. The van der Waals surface area contributed by atoms with E-state index >= 15 is 0 Å². The standard InChI is InChI=1S/C56H35N3O/c1-4-18-36(19-5-1)45-35-46-43-27-12-13-30-47(43)56(51(46)44-28-11-10-26-42(44)45)48-31-14-15-33-50(48)60-52-41(29-17-32-49(52)56)39-24-16-25-40(34-39)55-58-53(37-20-6-2-7-21-37)57-54(59-55)38-22-8-3-9-23-38/h1-35H. The van der Waals surface area contributed by atoms with E-state index in [1.165, 1.54) is 44.2 Å². The predicted octanol–water partition coefficient (Wildman–Crippen LogP) is 13.8. The van der Waals surface area contributed by atoms with Crippen molar-refractivity contribution in [2.75, 3.05) is 0 Å². The average Bonchev–Trinajstić information content (AvgIpc) is 3.62. The molecule has 1 aromatic heterocycles. The van der Waals surface area contributed by atoms with Crippen LogP contribution in [-0.2, 0) is 5.41 Å². The molecule has 280 valence electrons. The van der Waals surface area contributed by atoms with Crippen LogP contribution in [0.4, 0.5) is 0 Å². The van der Waals surface area contributed by atoms with Gasteiger partial charge in [-0.1, -0.05) is 194 Å². The molecule has 0 N–H and O–H groups in total. The Balaban J connectivity index is 1.10. The first-order chi connectivity index (χ1) is 29.8. The van der Waals surface area contributed by atoms with Gasteiger partial charge in [-0.3, -0.25) is 0 Å². The largest absolute Gasteiger partial charge is 0.456 e. The Kier molecular flexibility index (Phi) is 7.72. The minimum absolute atomic E-state index is 0.608. The van der Waals surface area contributed by atoms with Crippen LogP contribution in [0.5, 0.6) is 11.5 Å². The van der Waals surface area contributed by atoms with E-state index in [0.717, 1.165) is 50.4 Å². The molecule has 0 saturated carbocycles. The van der Waals surface area contributed by atoms with Crippen molar-refractivity contribution < 1.29 is 4.74 Å². The van der Waals surface area contributed by atoms with Crippen molar-refractivity contribution in [3.05, 3.63) is 235 Å². The van der Waals surface area contributed by atoms with Crippen LogP contribution < -0.4 is 4.74 Å². The zero-order chi connectivity index (χ0) is 39.6. The zero-order valence-corrected chi connectivity index (χ0v) is 32.5. The maximum absolute atomic E-state index is 7.14. The molecule has 0 radical (unpaired) electrons. The second-order valence-electron chi connectivity index (χ2n) is 15.5. The van der Waals surface area contributed by atoms with E-state index in [0.29, 0.717) is 17.5 Å². The number of para-hydroxylation sites is 2. The topological polar surface area (TPSA) is 47.9 Å². The molecule has 1 spiro atoms. The van der Waals surface area contributed by atoms with Crippen LogP contribution in [0.25, 0.3) is 78.3 Å². The smallest absolute Gasteiger partial charge is 0.164 e. The molecule has 60 heavy (non-hydrogen) atoms. The number of rotatable bonds is 5. The van der Waals surface area contributed by atoms with Crippen molar-refractivity contribution >= 4 is 10.8 Å². The maximum Gasteiger partial charge on any atom is 0.164 e. The molecule has 9 aromatic carbocycles. The Morgan fingerprint density at radius 3 is 1.53 bits per heavy atom. The monoisotopic (exact) mass is 765 g/mol. The van der Waals surface area contributed by atoms with Gasteiger partial charge in [-0.05, 0) is 67.9 Å². The van der Waals surface area contributed by atoms with E-state index < -0.39 is 5.41 Å². The normalized spacial score (nSPS) is 14.5. The molecular formula is C56H35N3O. The first kappa shape index (κ1) is 34.1. The van der Waals surface area contributed by atoms with E-state index in [9.17, 15) is 0 Å². The van der Waals surface area contributed by atoms with Crippen LogP contribution in [0.1, 0.15) is 22.3 Å². The Morgan fingerprint density at radius 1 is 0.317 bits per heavy atom. The third kappa shape index (κ3) is 5.14. The fraction of sp³-hybridized carbons (Fsp3) is 0.0179. The molecule has 2 aliphatic rings. The highest BCUT2D eigenvalue weighted by Gasteiger charge is 2.52. The van der Waals surface area contributed by atoms with Crippen molar-refractivity contribution in [1.29, 1.82) is 0 Å². The minimum Gasteiger partial charge on any atom is -0.456 e. The van der Waals surface area contributed by atoms with E-state index in [4.69, 9.17) is 19.7 Å². The summed E-state index contributed by atoms with van der Waals surface area (Å²) in [6, 6.07) is 75.0. The first-order valence-corrected chi connectivity index (χ1v) is 20.4. The fourth-order valence-electron chi connectivity index (χ4n) is 9.64. The van der Waals surface area contributed by atoms with Gasteiger partial charge in [0.25, 0.3) is 0 Å². The molecule has 1 aliphatic carbocycles. The van der Waals surface area contributed by atoms with Gasteiger partial charge in [0, 0.05) is 33.4 Å². The summed E-state index contributed by atoms with van der Waals surface area (Å²) < 4.78 is 7.14. The van der Waals surface area contributed by atoms with Crippen molar-refractivity contribution in [1.82, 2.24) is 15.0 Å². The lowest BCUT2D eigenvalue weighted by atomic mass is 9.64. The molecule has 10 aromatic rings. The lowest BCUT2D eigenvalue weighted by molar-refractivity contribution is 0.438. The number of aromatic nitrogens is 3. The van der Waals surface area contributed by atoms with Crippen LogP contribution in [0.3, 0.4) is 0 Å². The van der Waals surface area contributed by atoms with Crippen LogP contribution in [-0.4, -0.2) is 15.0 Å². The highest BCUT2D eigenvalue weighted by Crippen LogP contribution is 2.65. The van der Waals surface area contributed by atoms with E-state index in [-0.39, 0.29) is 0 Å². The molecule has 0 fully saturated rings. The minimum atomic E-state index is -0.651. The summed E-state index contributed by atoms with van der Waals surface area (Å²) in [4.78, 5) is 15.1. The van der Waals surface area contributed by atoms with Crippen molar-refractivity contribution in [3.8, 4) is 79.0 Å². The predicted molar refractivity (Wildman–Crippen MR) is 242 cm³/mol. The fourth-order valence-corrected chi connectivity index (χ4v) is 9.64. The summed E-state index contributed by atoms with van der Waals surface area (Å²) in [7, 11) is 0. The highest BCUT2D eigenvalue weighted by molar-refractivity contribution is 6.08. The molecule has 2 heterocycles. The van der Waals surface area contributed by atoms with Gasteiger partial charge in [0.05, 0.1) is 5.41 Å². The molecule has 0 amide bonds. The first-order valence-electron chi connectivity index (χ1n) is 20.4. The molecule has 12 rings (SSSR count). The number of ether oxygens (including phenoxy) is 1. The van der Waals surface area contributed by atoms with E-state index in [2.05, 4.69) is 152 Å². The van der Waals surface area contributed by atoms with Gasteiger partial charge in [-0.15, -0.1) is 0 Å². The number of hydrogen-bond donors (Lipinski definition) is 0. The van der Waals surface area contributed by atoms with Crippen LogP contribution >= 0.6 is 0 Å². The summed E-state index contributed by atoms with van der Waals surface area (Å²) in [5.74, 6) is 3.56. The number of hydrogen-bond acceptors (Lipinski definition) is 4. The van der Waals surface area contributed by atoms with E-state index in [1.807, 2.05) is 60.7 Å². The SMILES string of the molecule is c1ccc(-c2nc(-c3ccccc3)nc(-c3cccc(-c4cccc5c4Oc4ccccc4C54c5ccccc5-c5cc(-c6ccccc6)c6ccccc6c54)c3)n2)cc1. The molecule has 1 unspecified atom stereocenters. The van der Waals surface area contributed by atoms with Crippen molar-refractivity contribution in [3.63, 3.8) is 0 Å². The molecule has 0 saturated heterocycles. The van der Waals surface area contributed by atoms with Gasteiger partial charge in [0.2, 0.25) is 0 Å². The Labute approximate surface area is 348 Å². The second kappa shape index (κ2) is 13.6. The quantitative estimate of drug-likeness (QED) is 0.175.